The first kappa shape index (κ1) is 19.9. The highest BCUT2D eigenvalue weighted by atomic mass is 35.5. The Morgan fingerprint density at radius 2 is 1.84 bits per heavy atom. The summed E-state index contributed by atoms with van der Waals surface area (Å²) in [5.74, 6) is 1.55. The summed E-state index contributed by atoms with van der Waals surface area (Å²) in [5.41, 5.74) is 3.39. The summed E-state index contributed by atoms with van der Waals surface area (Å²) < 4.78 is 7.43. The van der Waals surface area contributed by atoms with Crippen molar-refractivity contribution < 1.29 is 9.21 Å². The Hall–Kier alpha value is -3.03. The van der Waals surface area contributed by atoms with E-state index in [1.807, 2.05) is 51.9 Å². The molecule has 0 unspecified atom stereocenters. The van der Waals surface area contributed by atoms with E-state index >= 15 is 0 Å². The molecule has 0 bridgehead atoms. The molecule has 156 valence electrons. The van der Waals surface area contributed by atoms with Crippen LogP contribution in [0, 0.1) is 0 Å². The summed E-state index contributed by atoms with van der Waals surface area (Å²) in [7, 11) is 0. The number of rotatable bonds is 5. The van der Waals surface area contributed by atoms with Crippen molar-refractivity contribution in [3.05, 3.63) is 83.1 Å². The van der Waals surface area contributed by atoms with Crippen LogP contribution in [0.2, 0.25) is 5.02 Å². The number of hydrogen-bond acceptors (Lipinski definition) is 5. The van der Waals surface area contributed by atoms with E-state index in [9.17, 15) is 4.79 Å². The fraction of sp³-hybridized carbons (Fsp3) is 0.174. The third-order valence-electron chi connectivity index (χ3n) is 5.27. The van der Waals surface area contributed by atoms with Gasteiger partial charge in [-0.2, -0.15) is 0 Å². The molecular weight excluding hydrogens is 432 g/mol. The van der Waals surface area contributed by atoms with Crippen LogP contribution in [0.4, 0.5) is 0 Å². The van der Waals surface area contributed by atoms with E-state index in [0.29, 0.717) is 28.3 Å². The van der Waals surface area contributed by atoms with E-state index in [4.69, 9.17) is 16.0 Å². The molecule has 1 aliphatic rings. The van der Waals surface area contributed by atoms with Crippen molar-refractivity contribution in [2.45, 2.75) is 18.1 Å². The number of carbonyl (C=O) groups is 1. The highest BCUT2D eigenvalue weighted by molar-refractivity contribution is 7.99. The van der Waals surface area contributed by atoms with Gasteiger partial charge in [-0.05, 0) is 53.9 Å². The van der Waals surface area contributed by atoms with Gasteiger partial charge < -0.3 is 9.32 Å². The Kier molecular flexibility index (Phi) is 5.53. The van der Waals surface area contributed by atoms with Gasteiger partial charge in [0, 0.05) is 23.8 Å². The number of carbonyl (C=O) groups excluding carboxylic acids is 1. The molecule has 0 fully saturated rings. The first-order valence-electron chi connectivity index (χ1n) is 9.91. The molecule has 4 aromatic rings. The second-order valence-electron chi connectivity index (χ2n) is 7.22. The minimum atomic E-state index is 0.0877. The predicted molar refractivity (Wildman–Crippen MR) is 120 cm³/mol. The van der Waals surface area contributed by atoms with Crippen molar-refractivity contribution in [1.82, 2.24) is 19.7 Å². The van der Waals surface area contributed by atoms with E-state index in [-0.39, 0.29) is 11.7 Å². The number of hydrogen-bond donors (Lipinski definition) is 0. The average molecular weight is 451 g/mol. The summed E-state index contributed by atoms with van der Waals surface area (Å²) in [4.78, 5) is 14.8. The molecule has 3 heterocycles. The fourth-order valence-electron chi connectivity index (χ4n) is 3.68. The summed E-state index contributed by atoms with van der Waals surface area (Å²) >= 11 is 7.43. The predicted octanol–water partition coefficient (Wildman–Crippen LogP) is 4.86. The number of fused-ring (bicyclic) bond motifs is 1. The Labute approximate surface area is 188 Å². The maximum absolute atomic E-state index is 12.9. The van der Waals surface area contributed by atoms with Crippen LogP contribution in [-0.2, 0) is 17.8 Å². The van der Waals surface area contributed by atoms with Crippen LogP contribution < -0.4 is 0 Å². The minimum Gasteiger partial charge on any atom is -0.461 e. The smallest absolute Gasteiger partial charge is 0.233 e. The van der Waals surface area contributed by atoms with Crippen LogP contribution in [0.15, 0.2) is 76.5 Å². The third-order valence-corrected chi connectivity index (χ3v) is 6.43. The summed E-state index contributed by atoms with van der Waals surface area (Å²) in [6.45, 7) is 1.38. The van der Waals surface area contributed by atoms with Crippen molar-refractivity contribution in [3.63, 3.8) is 0 Å². The van der Waals surface area contributed by atoms with Crippen LogP contribution >= 0.6 is 23.4 Å². The fourth-order valence-corrected chi connectivity index (χ4v) is 4.66. The van der Waals surface area contributed by atoms with Crippen LogP contribution in [-0.4, -0.2) is 37.9 Å². The first-order chi connectivity index (χ1) is 15.2. The van der Waals surface area contributed by atoms with E-state index in [2.05, 4.69) is 22.3 Å². The zero-order chi connectivity index (χ0) is 21.2. The van der Waals surface area contributed by atoms with Crippen molar-refractivity contribution in [3.8, 4) is 17.3 Å². The molecule has 0 saturated heterocycles. The normalized spacial score (nSPS) is 13.3. The number of thioether (sulfide) groups is 1. The molecule has 0 N–H and O–H groups in total. The molecular formula is C23H19ClN4O2S. The van der Waals surface area contributed by atoms with Gasteiger partial charge in [0.2, 0.25) is 11.7 Å². The molecule has 0 radical (unpaired) electrons. The summed E-state index contributed by atoms with van der Waals surface area (Å²) in [6.07, 6.45) is 2.48. The zero-order valence-corrected chi connectivity index (χ0v) is 18.1. The van der Waals surface area contributed by atoms with E-state index < -0.39 is 0 Å². The number of amides is 1. The lowest BCUT2D eigenvalue weighted by molar-refractivity contribution is -0.129. The Morgan fingerprint density at radius 1 is 1.03 bits per heavy atom. The molecule has 0 atom stereocenters. The number of halogens is 1. The quantitative estimate of drug-likeness (QED) is 0.406. The molecule has 1 aliphatic heterocycles. The van der Waals surface area contributed by atoms with Crippen LogP contribution in [0.3, 0.4) is 0 Å². The second kappa shape index (κ2) is 8.61. The molecule has 6 nitrogen and oxygen atoms in total. The Bertz CT molecular complexity index is 1200. The van der Waals surface area contributed by atoms with Crippen molar-refractivity contribution in [2.75, 3.05) is 12.3 Å². The zero-order valence-electron chi connectivity index (χ0n) is 16.6. The topological polar surface area (TPSA) is 64.2 Å². The molecule has 5 rings (SSSR count). The van der Waals surface area contributed by atoms with E-state index in [1.165, 1.54) is 22.9 Å². The van der Waals surface area contributed by atoms with Crippen molar-refractivity contribution in [2.24, 2.45) is 0 Å². The number of furan rings is 1. The highest BCUT2D eigenvalue weighted by Crippen LogP contribution is 2.29. The molecule has 0 aliphatic carbocycles. The molecule has 2 aromatic heterocycles. The molecule has 1 amide bonds. The second-order valence-corrected chi connectivity index (χ2v) is 8.60. The third kappa shape index (κ3) is 4.11. The summed E-state index contributed by atoms with van der Waals surface area (Å²) in [6, 6.07) is 19.4. The maximum atomic E-state index is 12.9. The largest absolute Gasteiger partial charge is 0.461 e. The molecule has 2 aromatic carbocycles. The summed E-state index contributed by atoms with van der Waals surface area (Å²) in [5, 5.41) is 9.92. The van der Waals surface area contributed by atoms with Gasteiger partial charge in [-0.1, -0.05) is 47.6 Å². The van der Waals surface area contributed by atoms with Gasteiger partial charge in [0.15, 0.2) is 10.9 Å². The highest BCUT2D eigenvalue weighted by Gasteiger charge is 2.23. The van der Waals surface area contributed by atoms with Crippen LogP contribution in [0.25, 0.3) is 17.3 Å². The standard InChI is InChI=1S/C23H19ClN4O2S/c24-18-7-9-19(10-8-18)28-22(20-6-3-13-30-20)25-26-23(28)31-15-21(29)27-12-11-16-4-1-2-5-17(16)14-27/h1-10,13H,11-12,14-15H2. The minimum absolute atomic E-state index is 0.0877. The van der Waals surface area contributed by atoms with Gasteiger partial charge >= 0.3 is 0 Å². The van der Waals surface area contributed by atoms with Gasteiger partial charge in [-0.25, -0.2) is 0 Å². The lowest BCUT2D eigenvalue weighted by atomic mass is 10.00. The van der Waals surface area contributed by atoms with Gasteiger partial charge in [0.05, 0.1) is 12.0 Å². The maximum Gasteiger partial charge on any atom is 0.233 e. The van der Waals surface area contributed by atoms with Gasteiger partial charge in [0.1, 0.15) is 0 Å². The number of aromatic nitrogens is 3. The number of benzene rings is 2. The van der Waals surface area contributed by atoms with Gasteiger partial charge in [-0.15, -0.1) is 10.2 Å². The Morgan fingerprint density at radius 3 is 2.61 bits per heavy atom. The first-order valence-corrected chi connectivity index (χ1v) is 11.3. The lowest BCUT2D eigenvalue weighted by Gasteiger charge is -2.28. The van der Waals surface area contributed by atoms with Gasteiger partial charge in [-0.3, -0.25) is 9.36 Å². The van der Waals surface area contributed by atoms with Crippen molar-refractivity contribution >= 4 is 29.3 Å². The molecule has 31 heavy (non-hydrogen) atoms. The van der Waals surface area contributed by atoms with Gasteiger partial charge in [0.25, 0.3) is 0 Å². The van der Waals surface area contributed by atoms with Crippen LogP contribution in [0.1, 0.15) is 11.1 Å². The van der Waals surface area contributed by atoms with E-state index in [0.717, 1.165) is 18.7 Å². The van der Waals surface area contributed by atoms with Crippen LogP contribution in [0.5, 0.6) is 0 Å². The molecule has 0 spiro atoms. The number of nitrogens with zero attached hydrogens (tertiary/aromatic N) is 4. The molecule has 8 heteroatoms. The Balaban J connectivity index is 1.37. The monoisotopic (exact) mass is 450 g/mol. The lowest BCUT2D eigenvalue weighted by Crippen LogP contribution is -2.37. The SMILES string of the molecule is O=C(CSc1nnc(-c2ccco2)n1-c1ccc(Cl)cc1)N1CCc2ccccc2C1. The van der Waals surface area contributed by atoms with Crippen molar-refractivity contribution in [1.29, 1.82) is 0 Å². The average Bonchev–Trinajstić information content (AvgIpc) is 3.47. The molecule has 0 saturated carbocycles. The van der Waals surface area contributed by atoms with E-state index in [1.54, 1.807) is 12.3 Å².